The largest absolute Gasteiger partial charge is 0.478 e. The van der Waals surface area contributed by atoms with E-state index in [4.69, 9.17) is 14.2 Å². The highest BCUT2D eigenvalue weighted by atomic mass is 31.2. The van der Waals surface area contributed by atoms with Crippen molar-refractivity contribution in [2.24, 2.45) is 0 Å². The molecule has 0 atom stereocenters. The maximum atomic E-state index is 12.2. The molecule has 0 bridgehead atoms. The molecule has 0 fully saturated rings. The summed E-state index contributed by atoms with van der Waals surface area (Å²) in [5.74, 6) is -0.999. The van der Waals surface area contributed by atoms with E-state index in [0.717, 1.165) is 0 Å². The molecule has 0 aromatic rings. The van der Waals surface area contributed by atoms with Crippen molar-refractivity contribution in [1.29, 1.82) is 0 Å². The van der Waals surface area contributed by atoms with Crippen LogP contribution in [0.4, 0.5) is 0 Å². The summed E-state index contributed by atoms with van der Waals surface area (Å²) in [5, 5.41) is 8.91. The topological polar surface area (TPSA) is 72.8 Å². The van der Waals surface area contributed by atoms with Gasteiger partial charge >= 0.3 is 13.6 Å². The lowest BCUT2D eigenvalue weighted by atomic mass is 10.1. The second-order valence-corrected chi connectivity index (χ2v) is 5.55. The van der Waals surface area contributed by atoms with E-state index in [9.17, 15) is 9.36 Å². The summed E-state index contributed by atoms with van der Waals surface area (Å²) in [6.07, 6.45) is 0.561. The number of allylic oxidation sites excluding steroid dienone is 1. The first-order valence-electron chi connectivity index (χ1n) is 5.70. The Morgan fingerprint density at radius 2 is 1.65 bits per heavy atom. The van der Waals surface area contributed by atoms with Crippen molar-refractivity contribution in [3.8, 4) is 0 Å². The van der Waals surface area contributed by atoms with Crippen LogP contribution in [0.15, 0.2) is 11.1 Å². The van der Waals surface area contributed by atoms with Gasteiger partial charge in [0.1, 0.15) is 0 Å². The number of carboxylic acids is 1. The van der Waals surface area contributed by atoms with Crippen molar-refractivity contribution in [3.05, 3.63) is 11.1 Å². The van der Waals surface area contributed by atoms with Gasteiger partial charge in [-0.1, -0.05) is 6.92 Å². The highest BCUT2D eigenvalue weighted by Crippen LogP contribution is 2.50. The molecule has 0 aromatic carbocycles. The number of hydrogen-bond acceptors (Lipinski definition) is 4. The van der Waals surface area contributed by atoms with Crippen LogP contribution in [0.2, 0.25) is 0 Å². The molecule has 0 aliphatic carbocycles. The Bertz CT molecular complexity index is 325. The van der Waals surface area contributed by atoms with Gasteiger partial charge in [-0.3, -0.25) is 4.57 Å². The summed E-state index contributed by atoms with van der Waals surface area (Å²) < 4.78 is 22.5. The van der Waals surface area contributed by atoms with Crippen LogP contribution >= 0.6 is 7.60 Å². The normalized spacial score (nSPS) is 13.4. The average molecular weight is 264 g/mol. The first-order chi connectivity index (χ1) is 7.90. The summed E-state index contributed by atoms with van der Waals surface area (Å²) in [6.45, 7) is 7.34. The van der Waals surface area contributed by atoms with Gasteiger partial charge in [-0.15, -0.1) is 0 Å². The van der Waals surface area contributed by atoms with Crippen LogP contribution in [-0.4, -0.2) is 30.5 Å². The minimum atomic E-state index is -3.21. The Morgan fingerprint density at radius 3 is 1.94 bits per heavy atom. The molecule has 0 heterocycles. The fourth-order valence-corrected chi connectivity index (χ4v) is 3.37. The van der Waals surface area contributed by atoms with Gasteiger partial charge < -0.3 is 14.2 Å². The molecule has 0 saturated carbocycles. The van der Waals surface area contributed by atoms with Gasteiger partial charge in [0.25, 0.3) is 0 Å². The molecule has 0 aliphatic heterocycles. The van der Waals surface area contributed by atoms with Crippen molar-refractivity contribution in [2.75, 3.05) is 19.4 Å². The summed E-state index contributed by atoms with van der Waals surface area (Å²) in [6, 6.07) is 0. The fraction of sp³-hybridized carbons (Fsp3) is 0.727. The molecule has 1 N–H and O–H groups in total. The number of hydrogen-bond donors (Lipinski definition) is 1. The Balaban J connectivity index is 5.02. The maximum absolute atomic E-state index is 12.2. The smallest absolute Gasteiger partial charge is 0.334 e. The third kappa shape index (κ3) is 5.48. The van der Waals surface area contributed by atoms with Gasteiger partial charge in [0.05, 0.1) is 19.4 Å². The molecule has 100 valence electrons. The summed E-state index contributed by atoms with van der Waals surface area (Å²) in [4.78, 5) is 10.9. The van der Waals surface area contributed by atoms with E-state index in [-0.39, 0.29) is 24.9 Å². The van der Waals surface area contributed by atoms with Gasteiger partial charge in [0, 0.05) is 5.57 Å². The van der Waals surface area contributed by atoms with Crippen molar-refractivity contribution in [2.45, 2.75) is 34.1 Å². The lowest BCUT2D eigenvalue weighted by Crippen LogP contribution is -2.07. The van der Waals surface area contributed by atoms with Crippen molar-refractivity contribution in [1.82, 2.24) is 0 Å². The summed E-state index contributed by atoms with van der Waals surface area (Å²) in [7, 11) is -3.21. The standard InChI is InChI=1S/C11H21O5P/c1-5-10(9(4)11(12)13)8-17(14,15-6-2)16-7-3/h5-8H2,1-4H3,(H,12,13)/b10-9+. The predicted molar refractivity (Wildman–Crippen MR) is 66.4 cm³/mol. The molecule has 0 aromatic heterocycles. The van der Waals surface area contributed by atoms with E-state index < -0.39 is 13.6 Å². The van der Waals surface area contributed by atoms with E-state index in [1.54, 1.807) is 13.8 Å². The van der Waals surface area contributed by atoms with Crippen molar-refractivity contribution >= 4 is 13.6 Å². The van der Waals surface area contributed by atoms with E-state index in [1.165, 1.54) is 6.92 Å². The molecule has 0 saturated heterocycles. The van der Waals surface area contributed by atoms with E-state index in [1.807, 2.05) is 6.92 Å². The minimum absolute atomic E-state index is 0.0450. The summed E-state index contributed by atoms with van der Waals surface area (Å²) >= 11 is 0. The van der Waals surface area contributed by atoms with Crippen LogP contribution in [-0.2, 0) is 18.4 Å². The van der Waals surface area contributed by atoms with E-state index in [0.29, 0.717) is 12.0 Å². The average Bonchev–Trinajstić information content (AvgIpc) is 2.25. The minimum Gasteiger partial charge on any atom is -0.478 e. The third-order valence-electron chi connectivity index (χ3n) is 2.31. The second kappa shape index (κ2) is 7.64. The molecule has 17 heavy (non-hydrogen) atoms. The van der Waals surface area contributed by atoms with Gasteiger partial charge in [-0.2, -0.15) is 0 Å². The predicted octanol–water partition coefficient (Wildman–Crippen LogP) is 3.06. The zero-order valence-corrected chi connectivity index (χ0v) is 11.8. The molecule has 0 radical (unpaired) electrons. The zero-order valence-electron chi connectivity index (χ0n) is 10.9. The van der Waals surface area contributed by atoms with Crippen LogP contribution in [0.25, 0.3) is 0 Å². The SMILES string of the molecule is CCOP(=O)(C/C(CC)=C(\C)C(=O)O)OCC. The van der Waals surface area contributed by atoms with Crippen LogP contribution < -0.4 is 0 Å². The van der Waals surface area contributed by atoms with E-state index in [2.05, 4.69) is 0 Å². The Hall–Kier alpha value is -0.640. The molecule has 0 spiro atoms. The molecule has 6 heteroatoms. The molecular formula is C11H21O5P. The summed E-state index contributed by atoms with van der Waals surface area (Å²) in [5.41, 5.74) is 0.815. The Kier molecular flexibility index (Phi) is 7.35. The second-order valence-electron chi connectivity index (χ2n) is 3.49. The highest BCUT2D eigenvalue weighted by Gasteiger charge is 2.26. The third-order valence-corrected chi connectivity index (χ3v) is 4.39. The number of carbonyl (C=O) groups is 1. The Labute approximate surface area is 102 Å². The van der Waals surface area contributed by atoms with Gasteiger partial charge in [0.2, 0.25) is 0 Å². The maximum Gasteiger partial charge on any atom is 0.334 e. The number of carboxylic acid groups (broad SMARTS) is 1. The van der Waals surface area contributed by atoms with Crippen LogP contribution in [0, 0.1) is 0 Å². The van der Waals surface area contributed by atoms with Crippen molar-refractivity contribution in [3.63, 3.8) is 0 Å². The van der Waals surface area contributed by atoms with Crippen LogP contribution in [0.1, 0.15) is 34.1 Å². The molecule has 0 rings (SSSR count). The van der Waals surface area contributed by atoms with E-state index >= 15 is 0 Å². The lowest BCUT2D eigenvalue weighted by Gasteiger charge is -2.18. The van der Waals surface area contributed by atoms with Crippen LogP contribution in [0.3, 0.4) is 0 Å². The molecule has 0 amide bonds. The van der Waals surface area contributed by atoms with Crippen LogP contribution in [0.5, 0.6) is 0 Å². The number of aliphatic carboxylic acids is 1. The fourth-order valence-electron chi connectivity index (χ4n) is 1.40. The number of rotatable bonds is 8. The van der Waals surface area contributed by atoms with Gasteiger partial charge in [-0.25, -0.2) is 4.79 Å². The highest BCUT2D eigenvalue weighted by molar-refractivity contribution is 7.54. The lowest BCUT2D eigenvalue weighted by molar-refractivity contribution is -0.132. The quantitative estimate of drug-likeness (QED) is 0.538. The zero-order chi connectivity index (χ0) is 13.5. The monoisotopic (exact) mass is 264 g/mol. The molecule has 0 aliphatic rings. The Morgan fingerprint density at radius 1 is 1.18 bits per heavy atom. The van der Waals surface area contributed by atoms with Crippen molar-refractivity contribution < 1.29 is 23.5 Å². The first-order valence-corrected chi connectivity index (χ1v) is 7.43. The van der Waals surface area contributed by atoms with Gasteiger partial charge in [-0.05, 0) is 32.8 Å². The van der Waals surface area contributed by atoms with Gasteiger partial charge in [0.15, 0.2) is 0 Å². The molecule has 0 unspecified atom stereocenters. The first kappa shape index (κ1) is 16.4. The molecular weight excluding hydrogens is 243 g/mol. The molecule has 5 nitrogen and oxygen atoms in total.